The van der Waals surface area contributed by atoms with Gasteiger partial charge in [-0.1, -0.05) is 24.3 Å². The summed E-state index contributed by atoms with van der Waals surface area (Å²) in [6, 6.07) is 12.4. The molecule has 2 heterocycles. The molecule has 0 saturated carbocycles. The maximum Gasteiger partial charge on any atom is 0.312 e. The smallest absolute Gasteiger partial charge is 0.312 e. The second-order valence-electron chi connectivity index (χ2n) is 6.13. The highest BCUT2D eigenvalue weighted by Gasteiger charge is 2.33. The molecular formula is C19H17NO5. The van der Waals surface area contributed by atoms with E-state index in [1.807, 2.05) is 24.3 Å². The lowest BCUT2D eigenvalue weighted by atomic mass is 9.89. The van der Waals surface area contributed by atoms with Crippen LogP contribution in [0.2, 0.25) is 0 Å². The maximum atomic E-state index is 12.9. The van der Waals surface area contributed by atoms with Gasteiger partial charge in [-0.2, -0.15) is 0 Å². The van der Waals surface area contributed by atoms with Gasteiger partial charge < -0.3 is 19.5 Å². The van der Waals surface area contributed by atoms with E-state index in [1.54, 1.807) is 23.1 Å². The van der Waals surface area contributed by atoms with Gasteiger partial charge in [0.2, 0.25) is 0 Å². The van der Waals surface area contributed by atoms with Gasteiger partial charge in [0.1, 0.15) is 13.2 Å². The molecule has 0 aliphatic carbocycles. The van der Waals surface area contributed by atoms with Gasteiger partial charge in [-0.3, -0.25) is 9.59 Å². The minimum Gasteiger partial charge on any atom is -0.486 e. The van der Waals surface area contributed by atoms with Crippen molar-refractivity contribution in [2.24, 2.45) is 0 Å². The maximum absolute atomic E-state index is 12.9. The van der Waals surface area contributed by atoms with Crippen molar-refractivity contribution in [3.63, 3.8) is 0 Å². The quantitative estimate of drug-likeness (QED) is 0.908. The minimum atomic E-state index is -0.924. The normalized spacial score (nSPS) is 18.4. The summed E-state index contributed by atoms with van der Waals surface area (Å²) in [6.07, 6.45) is 0. The predicted molar refractivity (Wildman–Crippen MR) is 89.0 cm³/mol. The average molecular weight is 339 g/mol. The van der Waals surface area contributed by atoms with E-state index in [1.165, 1.54) is 0 Å². The fraction of sp³-hybridized carbons (Fsp3) is 0.263. The Morgan fingerprint density at radius 1 is 1.04 bits per heavy atom. The van der Waals surface area contributed by atoms with E-state index in [-0.39, 0.29) is 12.5 Å². The molecule has 2 aliphatic rings. The lowest BCUT2D eigenvalue weighted by Crippen LogP contribution is -2.40. The number of aliphatic carboxylic acids is 1. The third kappa shape index (κ3) is 2.80. The van der Waals surface area contributed by atoms with E-state index >= 15 is 0 Å². The summed E-state index contributed by atoms with van der Waals surface area (Å²) >= 11 is 0. The van der Waals surface area contributed by atoms with Crippen LogP contribution in [0.4, 0.5) is 0 Å². The molecule has 0 radical (unpaired) electrons. The first-order valence-electron chi connectivity index (χ1n) is 8.13. The monoisotopic (exact) mass is 339 g/mol. The zero-order chi connectivity index (χ0) is 17.4. The molecule has 2 aromatic carbocycles. The number of carbonyl (C=O) groups is 2. The van der Waals surface area contributed by atoms with Crippen LogP contribution in [0.3, 0.4) is 0 Å². The first kappa shape index (κ1) is 15.5. The van der Waals surface area contributed by atoms with Crippen LogP contribution < -0.4 is 9.47 Å². The summed E-state index contributed by atoms with van der Waals surface area (Å²) in [5, 5.41) is 9.54. The first-order chi connectivity index (χ1) is 12.1. The van der Waals surface area contributed by atoms with Crippen molar-refractivity contribution in [1.82, 2.24) is 4.90 Å². The zero-order valence-corrected chi connectivity index (χ0v) is 13.5. The third-order valence-corrected chi connectivity index (χ3v) is 4.57. The number of carboxylic acids is 1. The first-order valence-corrected chi connectivity index (χ1v) is 8.13. The molecule has 1 amide bonds. The van der Waals surface area contributed by atoms with Crippen LogP contribution in [0.15, 0.2) is 42.5 Å². The molecule has 6 heteroatoms. The summed E-state index contributed by atoms with van der Waals surface area (Å²) in [5.74, 6) is -0.685. The van der Waals surface area contributed by atoms with Crippen molar-refractivity contribution >= 4 is 11.9 Å². The Labute approximate surface area is 144 Å². The highest BCUT2D eigenvalue weighted by molar-refractivity contribution is 5.95. The van der Waals surface area contributed by atoms with Crippen molar-refractivity contribution < 1.29 is 24.2 Å². The molecule has 4 rings (SSSR count). The average Bonchev–Trinajstić information content (AvgIpc) is 2.66. The van der Waals surface area contributed by atoms with Crippen LogP contribution in [0.25, 0.3) is 0 Å². The Hall–Kier alpha value is -3.02. The standard InChI is InChI=1S/C19H17NO5/c21-18(12-5-6-16-17(9-12)25-8-7-24-16)20-10-13-3-1-2-4-14(13)15(11-20)19(22)23/h1-6,9,15H,7-8,10-11H2,(H,22,23). The van der Waals surface area contributed by atoms with E-state index in [4.69, 9.17) is 9.47 Å². The highest BCUT2D eigenvalue weighted by atomic mass is 16.6. The molecule has 6 nitrogen and oxygen atoms in total. The van der Waals surface area contributed by atoms with Crippen molar-refractivity contribution in [3.8, 4) is 11.5 Å². The van der Waals surface area contributed by atoms with Gasteiger partial charge in [0.15, 0.2) is 11.5 Å². The second kappa shape index (κ2) is 6.12. The van der Waals surface area contributed by atoms with Crippen molar-refractivity contribution in [1.29, 1.82) is 0 Å². The lowest BCUT2D eigenvalue weighted by molar-refractivity contribution is -0.139. The molecule has 0 bridgehead atoms. The number of hydrogen-bond acceptors (Lipinski definition) is 4. The van der Waals surface area contributed by atoms with E-state index in [2.05, 4.69) is 0 Å². The number of ether oxygens (including phenoxy) is 2. The van der Waals surface area contributed by atoms with Crippen LogP contribution in [0.5, 0.6) is 11.5 Å². The van der Waals surface area contributed by atoms with Crippen molar-refractivity contribution in [3.05, 3.63) is 59.2 Å². The zero-order valence-electron chi connectivity index (χ0n) is 13.5. The Morgan fingerprint density at radius 3 is 2.60 bits per heavy atom. The molecule has 1 atom stereocenters. The molecule has 0 saturated heterocycles. The number of fused-ring (bicyclic) bond motifs is 2. The lowest BCUT2D eigenvalue weighted by Gasteiger charge is -2.33. The van der Waals surface area contributed by atoms with Gasteiger partial charge in [-0.05, 0) is 29.3 Å². The summed E-state index contributed by atoms with van der Waals surface area (Å²) in [4.78, 5) is 26.1. The Bertz CT molecular complexity index is 847. The van der Waals surface area contributed by atoms with Crippen molar-refractivity contribution in [2.45, 2.75) is 12.5 Å². The summed E-state index contributed by atoms with van der Waals surface area (Å²) in [6.45, 7) is 1.49. The number of carboxylic acid groups (broad SMARTS) is 1. The second-order valence-corrected chi connectivity index (χ2v) is 6.13. The number of carbonyl (C=O) groups excluding carboxylic acids is 1. The molecular weight excluding hydrogens is 322 g/mol. The molecule has 2 aliphatic heterocycles. The minimum absolute atomic E-state index is 0.152. The van der Waals surface area contributed by atoms with E-state index in [0.29, 0.717) is 36.8 Å². The predicted octanol–water partition coefficient (Wildman–Crippen LogP) is 2.28. The van der Waals surface area contributed by atoms with Gasteiger partial charge >= 0.3 is 5.97 Å². The van der Waals surface area contributed by atoms with E-state index in [9.17, 15) is 14.7 Å². The molecule has 1 unspecified atom stereocenters. The largest absolute Gasteiger partial charge is 0.486 e. The molecule has 0 aromatic heterocycles. The molecule has 0 spiro atoms. The molecule has 2 aromatic rings. The van der Waals surface area contributed by atoms with Gasteiger partial charge in [0, 0.05) is 18.7 Å². The fourth-order valence-corrected chi connectivity index (χ4v) is 3.33. The van der Waals surface area contributed by atoms with Crippen molar-refractivity contribution in [2.75, 3.05) is 19.8 Å². The number of benzene rings is 2. The number of hydrogen-bond donors (Lipinski definition) is 1. The topological polar surface area (TPSA) is 76.1 Å². The van der Waals surface area contributed by atoms with Crippen LogP contribution in [-0.2, 0) is 11.3 Å². The van der Waals surface area contributed by atoms with Gasteiger partial charge in [0.05, 0.1) is 5.92 Å². The fourth-order valence-electron chi connectivity index (χ4n) is 3.33. The van der Waals surface area contributed by atoms with Gasteiger partial charge in [-0.25, -0.2) is 0 Å². The Morgan fingerprint density at radius 2 is 1.80 bits per heavy atom. The van der Waals surface area contributed by atoms with Crippen LogP contribution in [-0.4, -0.2) is 41.6 Å². The number of amides is 1. The highest BCUT2D eigenvalue weighted by Crippen LogP contribution is 2.33. The van der Waals surface area contributed by atoms with Crippen LogP contribution >= 0.6 is 0 Å². The van der Waals surface area contributed by atoms with Crippen LogP contribution in [0, 0.1) is 0 Å². The van der Waals surface area contributed by atoms with Crippen LogP contribution in [0.1, 0.15) is 27.4 Å². The molecule has 0 fully saturated rings. The van der Waals surface area contributed by atoms with E-state index in [0.717, 1.165) is 11.1 Å². The van der Waals surface area contributed by atoms with Gasteiger partial charge in [-0.15, -0.1) is 0 Å². The third-order valence-electron chi connectivity index (χ3n) is 4.57. The molecule has 25 heavy (non-hydrogen) atoms. The summed E-state index contributed by atoms with van der Waals surface area (Å²) in [7, 11) is 0. The Balaban J connectivity index is 1.64. The number of nitrogens with zero attached hydrogens (tertiary/aromatic N) is 1. The molecule has 128 valence electrons. The van der Waals surface area contributed by atoms with Gasteiger partial charge in [0.25, 0.3) is 5.91 Å². The summed E-state index contributed by atoms with van der Waals surface area (Å²) in [5.41, 5.74) is 2.11. The SMILES string of the molecule is O=C(O)C1CN(C(=O)c2ccc3c(c2)OCCO3)Cc2ccccc21. The Kier molecular flexibility index (Phi) is 3.80. The van der Waals surface area contributed by atoms with E-state index < -0.39 is 11.9 Å². The molecule has 1 N–H and O–H groups in total. The number of rotatable bonds is 2. The summed E-state index contributed by atoms with van der Waals surface area (Å²) < 4.78 is 11.0.